The largest absolute Gasteiger partial charge is 0.457 e. The van der Waals surface area contributed by atoms with Crippen LogP contribution in [-0.4, -0.2) is 11.8 Å². The molecule has 0 fully saturated rings. The molecule has 0 aliphatic carbocycles. The molecule has 0 spiro atoms. The summed E-state index contributed by atoms with van der Waals surface area (Å²) in [5.74, 6) is 0.903. The second-order valence-corrected chi connectivity index (χ2v) is 6.71. The number of hydrogen-bond acceptors (Lipinski definition) is 3. The van der Waals surface area contributed by atoms with Gasteiger partial charge in [0.2, 0.25) is 11.8 Å². The Morgan fingerprint density at radius 3 is 2.15 bits per heavy atom. The fraction of sp³-hybridized carbons (Fsp3) is 0.0476. The molecular formula is C21H17BrN2O3. The Hall–Kier alpha value is -3.12. The van der Waals surface area contributed by atoms with Crippen molar-refractivity contribution in [1.82, 2.24) is 0 Å². The van der Waals surface area contributed by atoms with Crippen LogP contribution in [0.25, 0.3) is 17.4 Å². The quantitative estimate of drug-likeness (QED) is 0.544. The first-order valence-electron chi connectivity index (χ1n) is 8.22. The zero-order valence-electron chi connectivity index (χ0n) is 14.5. The highest BCUT2D eigenvalue weighted by Gasteiger charge is 2.04. The lowest BCUT2D eigenvalue weighted by atomic mass is 10.2. The van der Waals surface area contributed by atoms with E-state index in [2.05, 4.69) is 26.6 Å². The second-order valence-electron chi connectivity index (χ2n) is 5.79. The second kappa shape index (κ2) is 8.51. The van der Waals surface area contributed by atoms with Crippen LogP contribution in [0.5, 0.6) is 0 Å². The number of anilines is 2. The van der Waals surface area contributed by atoms with Crippen molar-refractivity contribution in [1.29, 1.82) is 0 Å². The molecule has 1 aromatic heterocycles. The van der Waals surface area contributed by atoms with Crippen LogP contribution in [0.1, 0.15) is 12.7 Å². The maximum Gasteiger partial charge on any atom is 0.248 e. The van der Waals surface area contributed by atoms with Crippen LogP contribution in [0.3, 0.4) is 0 Å². The highest BCUT2D eigenvalue weighted by atomic mass is 79.9. The van der Waals surface area contributed by atoms with Gasteiger partial charge in [-0.3, -0.25) is 9.59 Å². The predicted octanol–water partition coefficient (Wildman–Crippen LogP) is 5.32. The van der Waals surface area contributed by atoms with Crippen LogP contribution in [0, 0.1) is 0 Å². The maximum atomic E-state index is 12.0. The van der Waals surface area contributed by atoms with E-state index in [1.807, 2.05) is 36.4 Å². The summed E-state index contributed by atoms with van der Waals surface area (Å²) >= 11 is 3.40. The minimum Gasteiger partial charge on any atom is -0.457 e. The molecule has 6 heteroatoms. The molecule has 136 valence electrons. The number of carbonyl (C=O) groups excluding carboxylic acids is 2. The molecule has 0 aliphatic heterocycles. The summed E-state index contributed by atoms with van der Waals surface area (Å²) in [6.07, 6.45) is 3.02. The van der Waals surface area contributed by atoms with Gasteiger partial charge in [-0.25, -0.2) is 0 Å². The summed E-state index contributed by atoms with van der Waals surface area (Å²) in [4.78, 5) is 23.1. The van der Waals surface area contributed by atoms with Gasteiger partial charge in [-0.2, -0.15) is 0 Å². The van der Waals surface area contributed by atoms with Gasteiger partial charge in [0.25, 0.3) is 0 Å². The molecule has 0 saturated carbocycles. The fourth-order valence-electron chi connectivity index (χ4n) is 2.39. The van der Waals surface area contributed by atoms with Crippen molar-refractivity contribution in [3.63, 3.8) is 0 Å². The smallest absolute Gasteiger partial charge is 0.248 e. The van der Waals surface area contributed by atoms with Crippen LogP contribution in [0.2, 0.25) is 0 Å². The monoisotopic (exact) mass is 424 g/mol. The first-order chi connectivity index (χ1) is 13.0. The number of carbonyl (C=O) groups is 2. The molecule has 2 N–H and O–H groups in total. The summed E-state index contributed by atoms with van der Waals surface area (Å²) in [5.41, 5.74) is 2.27. The van der Waals surface area contributed by atoms with E-state index in [0.717, 1.165) is 15.8 Å². The third kappa shape index (κ3) is 5.43. The predicted molar refractivity (Wildman–Crippen MR) is 110 cm³/mol. The highest BCUT2D eigenvalue weighted by Crippen LogP contribution is 2.24. The van der Waals surface area contributed by atoms with Crippen molar-refractivity contribution in [2.45, 2.75) is 6.92 Å². The average Bonchev–Trinajstić information content (AvgIpc) is 3.11. The topological polar surface area (TPSA) is 71.3 Å². The number of hydrogen-bond donors (Lipinski definition) is 2. The molecule has 0 radical (unpaired) electrons. The minimum atomic E-state index is -0.274. The molecule has 0 bridgehead atoms. The van der Waals surface area contributed by atoms with Crippen LogP contribution in [0.15, 0.2) is 75.6 Å². The molecule has 0 aliphatic rings. The summed E-state index contributed by atoms with van der Waals surface area (Å²) in [5, 5.41) is 5.42. The van der Waals surface area contributed by atoms with Gasteiger partial charge in [0, 0.05) is 34.4 Å². The van der Waals surface area contributed by atoms with Crippen LogP contribution >= 0.6 is 15.9 Å². The molecule has 27 heavy (non-hydrogen) atoms. The van der Waals surface area contributed by atoms with Crippen molar-refractivity contribution in [3.8, 4) is 11.3 Å². The van der Waals surface area contributed by atoms with E-state index in [-0.39, 0.29) is 11.8 Å². The number of halogens is 1. The molecule has 5 nitrogen and oxygen atoms in total. The Morgan fingerprint density at radius 2 is 1.52 bits per heavy atom. The highest BCUT2D eigenvalue weighted by molar-refractivity contribution is 9.10. The Kier molecular flexibility index (Phi) is 5.88. The van der Waals surface area contributed by atoms with E-state index in [1.165, 1.54) is 13.0 Å². The van der Waals surface area contributed by atoms with Crippen LogP contribution in [0.4, 0.5) is 11.4 Å². The summed E-state index contributed by atoms with van der Waals surface area (Å²) in [6.45, 7) is 1.44. The molecule has 3 rings (SSSR count). The molecule has 0 unspecified atom stereocenters. The Bertz CT molecular complexity index is 973. The standard InChI is InChI=1S/C21H17BrN2O3/c1-14(25)23-17-6-8-18(9-7-17)24-21(26)13-11-19-10-12-20(27-19)15-2-4-16(22)5-3-15/h2-13H,1H3,(H,23,25)(H,24,26). The Labute approximate surface area is 165 Å². The third-order valence-corrected chi connectivity index (χ3v) is 4.16. The van der Waals surface area contributed by atoms with Gasteiger partial charge < -0.3 is 15.1 Å². The fourth-order valence-corrected chi connectivity index (χ4v) is 2.66. The first kappa shape index (κ1) is 18.7. The Morgan fingerprint density at radius 1 is 0.889 bits per heavy atom. The van der Waals surface area contributed by atoms with Crippen molar-refractivity contribution < 1.29 is 14.0 Å². The normalized spacial score (nSPS) is 10.7. The van der Waals surface area contributed by atoms with Gasteiger partial charge in [0.05, 0.1) is 0 Å². The third-order valence-electron chi connectivity index (χ3n) is 3.63. The lowest BCUT2D eigenvalue weighted by molar-refractivity contribution is -0.114. The first-order valence-corrected chi connectivity index (χ1v) is 9.01. The zero-order valence-corrected chi connectivity index (χ0v) is 16.1. The van der Waals surface area contributed by atoms with E-state index in [4.69, 9.17) is 4.42 Å². The lowest BCUT2D eigenvalue weighted by Gasteiger charge is -2.05. The molecule has 2 aromatic carbocycles. The number of benzene rings is 2. The van der Waals surface area contributed by atoms with Gasteiger partial charge in [0.15, 0.2) is 0 Å². The van der Waals surface area contributed by atoms with E-state index >= 15 is 0 Å². The summed E-state index contributed by atoms with van der Waals surface area (Å²) < 4.78 is 6.74. The van der Waals surface area contributed by atoms with Crippen molar-refractivity contribution >= 4 is 45.2 Å². The number of amides is 2. The lowest BCUT2D eigenvalue weighted by Crippen LogP contribution is -2.08. The van der Waals surface area contributed by atoms with Crippen molar-refractivity contribution in [2.75, 3.05) is 10.6 Å². The summed E-state index contributed by atoms with van der Waals surface area (Å²) in [7, 11) is 0. The van der Waals surface area contributed by atoms with Gasteiger partial charge in [0.1, 0.15) is 11.5 Å². The van der Waals surface area contributed by atoms with Gasteiger partial charge >= 0.3 is 0 Å². The van der Waals surface area contributed by atoms with Crippen LogP contribution in [-0.2, 0) is 9.59 Å². The molecule has 3 aromatic rings. The minimum absolute atomic E-state index is 0.143. The van der Waals surface area contributed by atoms with Gasteiger partial charge in [-0.15, -0.1) is 0 Å². The summed E-state index contributed by atoms with van der Waals surface area (Å²) in [6, 6.07) is 18.3. The van der Waals surface area contributed by atoms with E-state index < -0.39 is 0 Å². The average molecular weight is 425 g/mol. The van der Waals surface area contributed by atoms with Crippen LogP contribution < -0.4 is 10.6 Å². The number of nitrogens with one attached hydrogen (secondary N) is 2. The van der Waals surface area contributed by atoms with Crippen molar-refractivity contribution in [3.05, 3.63) is 77.0 Å². The number of furan rings is 1. The molecule has 2 amide bonds. The Balaban J connectivity index is 1.60. The zero-order chi connectivity index (χ0) is 19.2. The molecular weight excluding hydrogens is 408 g/mol. The van der Waals surface area contributed by atoms with Crippen molar-refractivity contribution in [2.24, 2.45) is 0 Å². The van der Waals surface area contributed by atoms with Gasteiger partial charge in [-0.05, 0) is 54.6 Å². The van der Waals surface area contributed by atoms with E-state index in [9.17, 15) is 9.59 Å². The maximum absolute atomic E-state index is 12.0. The van der Waals surface area contributed by atoms with E-state index in [0.29, 0.717) is 17.1 Å². The molecule has 0 atom stereocenters. The van der Waals surface area contributed by atoms with E-state index in [1.54, 1.807) is 30.3 Å². The van der Waals surface area contributed by atoms with Gasteiger partial charge in [-0.1, -0.05) is 28.1 Å². The number of rotatable bonds is 5. The molecule has 0 saturated heterocycles. The SMILES string of the molecule is CC(=O)Nc1ccc(NC(=O)C=Cc2ccc(-c3ccc(Br)cc3)o2)cc1. The molecule has 1 heterocycles.